The van der Waals surface area contributed by atoms with Gasteiger partial charge in [0, 0.05) is 37.0 Å². The van der Waals surface area contributed by atoms with Crippen molar-refractivity contribution in [3.63, 3.8) is 0 Å². The maximum atomic E-state index is 13.3. The number of carbonyl (C=O) groups excluding carboxylic acids is 1. The third-order valence-corrected chi connectivity index (χ3v) is 5.86. The summed E-state index contributed by atoms with van der Waals surface area (Å²) in [5, 5.41) is 3.09. The molecule has 140 valence electrons. The van der Waals surface area contributed by atoms with Crippen molar-refractivity contribution in [2.24, 2.45) is 0 Å². The average molecular weight is 399 g/mol. The minimum Gasteiger partial charge on any atom is -0.353 e. The van der Waals surface area contributed by atoms with E-state index in [1.807, 2.05) is 12.1 Å². The van der Waals surface area contributed by atoms with Crippen LogP contribution in [0.15, 0.2) is 30.3 Å². The molecule has 0 spiro atoms. The number of hydrogen-bond donors (Lipinski definition) is 1. The molecule has 0 atom stereocenters. The van der Waals surface area contributed by atoms with E-state index in [1.165, 1.54) is 23.5 Å². The molecule has 3 nitrogen and oxygen atoms in total. The second kappa shape index (κ2) is 8.93. The minimum atomic E-state index is -0.819. The van der Waals surface area contributed by atoms with Gasteiger partial charge in [0.2, 0.25) is 5.91 Å². The van der Waals surface area contributed by atoms with Crippen molar-refractivity contribution in [2.75, 3.05) is 13.1 Å². The number of halogens is 3. The third kappa shape index (κ3) is 5.50. The Morgan fingerprint density at radius 2 is 1.96 bits per heavy atom. The molecule has 0 saturated carbocycles. The van der Waals surface area contributed by atoms with Gasteiger partial charge in [-0.3, -0.25) is 9.69 Å². The van der Waals surface area contributed by atoms with Crippen LogP contribution in [0.4, 0.5) is 8.78 Å². The summed E-state index contributed by atoms with van der Waals surface area (Å²) in [5.41, 5.74) is 0.765. The lowest BCUT2D eigenvalue weighted by Gasteiger charge is -2.32. The first-order valence-electron chi connectivity index (χ1n) is 8.69. The number of nitrogens with one attached hydrogen (secondary N) is 1. The van der Waals surface area contributed by atoms with Gasteiger partial charge in [-0.1, -0.05) is 17.7 Å². The minimum absolute atomic E-state index is 0.0635. The van der Waals surface area contributed by atoms with Gasteiger partial charge in [0.1, 0.15) is 0 Å². The Labute approximate surface area is 161 Å². The van der Waals surface area contributed by atoms with Crippen molar-refractivity contribution in [1.29, 1.82) is 0 Å². The molecule has 1 N–H and O–H groups in total. The largest absolute Gasteiger partial charge is 0.353 e. The molecule has 1 aromatic carbocycles. The summed E-state index contributed by atoms with van der Waals surface area (Å²) in [6.45, 7) is 2.24. The fourth-order valence-corrected chi connectivity index (χ4v) is 4.24. The van der Waals surface area contributed by atoms with Crippen LogP contribution in [0.25, 0.3) is 0 Å². The molecule has 1 aromatic heterocycles. The molecule has 1 aliphatic rings. The van der Waals surface area contributed by atoms with Gasteiger partial charge in [0.05, 0.1) is 4.34 Å². The van der Waals surface area contributed by atoms with Crippen molar-refractivity contribution in [3.8, 4) is 0 Å². The summed E-state index contributed by atoms with van der Waals surface area (Å²) >= 11 is 7.40. The van der Waals surface area contributed by atoms with Crippen LogP contribution < -0.4 is 5.32 Å². The average Bonchev–Trinajstić information content (AvgIpc) is 3.04. The van der Waals surface area contributed by atoms with Crippen LogP contribution in [-0.4, -0.2) is 29.9 Å². The summed E-state index contributed by atoms with van der Waals surface area (Å²) in [7, 11) is 0. The van der Waals surface area contributed by atoms with E-state index in [0.29, 0.717) is 19.4 Å². The molecule has 2 aromatic rings. The van der Waals surface area contributed by atoms with Crippen LogP contribution in [0, 0.1) is 11.6 Å². The number of rotatable bonds is 6. The Morgan fingerprint density at radius 3 is 2.62 bits per heavy atom. The van der Waals surface area contributed by atoms with Crippen LogP contribution in [-0.2, 0) is 17.8 Å². The van der Waals surface area contributed by atoms with Gasteiger partial charge in [-0.15, -0.1) is 11.3 Å². The second-order valence-electron chi connectivity index (χ2n) is 6.57. The van der Waals surface area contributed by atoms with Crippen LogP contribution in [0.3, 0.4) is 0 Å². The summed E-state index contributed by atoms with van der Waals surface area (Å²) in [4.78, 5) is 15.4. The molecule has 7 heteroatoms. The SMILES string of the molecule is O=C(CCc1ccc(Cl)s1)NC1CCN(Cc2ccc(F)c(F)c2)CC1. The zero-order valence-corrected chi connectivity index (χ0v) is 15.9. The maximum Gasteiger partial charge on any atom is 0.220 e. The van der Waals surface area contributed by atoms with Crippen LogP contribution in [0.2, 0.25) is 4.34 Å². The number of amides is 1. The number of likely N-dealkylation sites (tertiary alicyclic amines) is 1. The van der Waals surface area contributed by atoms with Crippen molar-refractivity contribution >= 4 is 28.8 Å². The highest BCUT2D eigenvalue weighted by Gasteiger charge is 2.21. The van der Waals surface area contributed by atoms with E-state index >= 15 is 0 Å². The molecule has 1 aliphatic heterocycles. The Morgan fingerprint density at radius 1 is 1.19 bits per heavy atom. The van der Waals surface area contributed by atoms with Crippen LogP contribution in [0.1, 0.15) is 29.7 Å². The predicted octanol–water partition coefficient (Wildman–Crippen LogP) is 4.39. The number of piperidine rings is 1. The molecule has 1 fully saturated rings. The van der Waals surface area contributed by atoms with Gasteiger partial charge in [-0.25, -0.2) is 8.78 Å². The smallest absolute Gasteiger partial charge is 0.220 e. The number of hydrogen-bond acceptors (Lipinski definition) is 3. The first-order chi connectivity index (χ1) is 12.5. The van der Waals surface area contributed by atoms with E-state index in [4.69, 9.17) is 11.6 Å². The standard InChI is InChI=1S/C19H21ClF2N2OS/c20-18-5-2-15(26-18)3-6-19(25)23-14-7-9-24(10-8-14)12-13-1-4-16(21)17(22)11-13/h1-2,4-5,11,14H,3,6-10,12H2,(H,23,25). The molecule has 26 heavy (non-hydrogen) atoms. The van der Waals surface area contributed by atoms with E-state index < -0.39 is 11.6 Å². The van der Waals surface area contributed by atoms with Crippen molar-refractivity contribution in [1.82, 2.24) is 10.2 Å². The first kappa shape index (κ1) is 19.3. The van der Waals surface area contributed by atoms with Gasteiger partial charge in [-0.2, -0.15) is 0 Å². The summed E-state index contributed by atoms with van der Waals surface area (Å²) < 4.78 is 27.0. The molecule has 0 aliphatic carbocycles. The number of thiophene rings is 1. The summed E-state index contributed by atoms with van der Waals surface area (Å²) in [6, 6.07) is 8.01. The first-order valence-corrected chi connectivity index (χ1v) is 9.89. The number of benzene rings is 1. The Hall–Kier alpha value is -1.50. The van der Waals surface area contributed by atoms with E-state index in [-0.39, 0.29) is 11.9 Å². The summed E-state index contributed by atoms with van der Waals surface area (Å²) in [5.74, 6) is -1.56. The van der Waals surface area contributed by atoms with Crippen LogP contribution >= 0.6 is 22.9 Å². The van der Waals surface area contributed by atoms with Crippen LogP contribution in [0.5, 0.6) is 0 Å². The van der Waals surface area contributed by atoms with Gasteiger partial charge in [0.15, 0.2) is 11.6 Å². The lowest BCUT2D eigenvalue weighted by atomic mass is 10.0. The van der Waals surface area contributed by atoms with Crippen molar-refractivity contribution < 1.29 is 13.6 Å². The molecule has 1 saturated heterocycles. The molecule has 3 rings (SSSR count). The molecule has 0 bridgehead atoms. The number of carbonyl (C=O) groups is 1. The van der Waals surface area contributed by atoms with E-state index in [9.17, 15) is 13.6 Å². The fourth-order valence-electron chi connectivity index (χ4n) is 3.15. The number of aryl methyl sites for hydroxylation is 1. The zero-order chi connectivity index (χ0) is 18.5. The monoisotopic (exact) mass is 398 g/mol. The summed E-state index contributed by atoms with van der Waals surface area (Å²) in [6.07, 6.45) is 2.89. The van der Waals surface area contributed by atoms with Gasteiger partial charge < -0.3 is 5.32 Å². The fraction of sp³-hybridized carbons (Fsp3) is 0.421. The molecule has 0 radical (unpaired) electrons. The van der Waals surface area contributed by atoms with Crippen molar-refractivity contribution in [2.45, 2.75) is 38.3 Å². The Kier molecular flexibility index (Phi) is 6.62. The molecular weight excluding hydrogens is 378 g/mol. The Bertz CT molecular complexity index is 760. The second-order valence-corrected chi connectivity index (χ2v) is 8.37. The van der Waals surface area contributed by atoms with Crippen molar-refractivity contribution in [3.05, 3.63) is 56.7 Å². The predicted molar refractivity (Wildman–Crippen MR) is 100 cm³/mol. The topological polar surface area (TPSA) is 32.3 Å². The quantitative estimate of drug-likeness (QED) is 0.782. The molecular formula is C19H21ClF2N2OS. The third-order valence-electron chi connectivity index (χ3n) is 4.57. The molecule has 2 heterocycles. The maximum absolute atomic E-state index is 13.3. The van der Waals surface area contributed by atoms with E-state index in [1.54, 1.807) is 6.07 Å². The Balaban J connectivity index is 1.39. The lowest BCUT2D eigenvalue weighted by molar-refractivity contribution is -0.122. The van der Waals surface area contributed by atoms with Gasteiger partial charge in [0.25, 0.3) is 0 Å². The van der Waals surface area contributed by atoms with E-state index in [2.05, 4.69) is 10.2 Å². The number of nitrogens with zero attached hydrogens (tertiary/aromatic N) is 1. The van der Waals surface area contributed by atoms with Gasteiger partial charge >= 0.3 is 0 Å². The molecule has 0 unspecified atom stereocenters. The highest BCUT2D eigenvalue weighted by Crippen LogP contribution is 2.22. The highest BCUT2D eigenvalue weighted by atomic mass is 35.5. The van der Waals surface area contributed by atoms with E-state index in [0.717, 1.165) is 40.7 Å². The normalized spacial score (nSPS) is 16.0. The van der Waals surface area contributed by atoms with Gasteiger partial charge in [-0.05, 0) is 49.1 Å². The highest BCUT2D eigenvalue weighted by molar-refractivity contribution is 7.16. The lowest BCUT2D eigenvalue weighted by Crippen LogP contribution is -2.44. The molecule has 1 amide bonds. The zero-order valence-electron chi connectivity index (χ0n) is 14.3.